The lowest BCUT2D eigenvalue weighted by atomic mass is 9.94. The zero-order chi connectivity index (χ0) is 9.97. The van der Waals surface area contributed by atoms with E-state index in [4.69, 9.17) is 5.73 Å². The highest BCUT2D eigenvalue weighted by Crippen LogP contribution is 2.20. The Morgan fingerprint density at radius 1 is 1.43 bits per heavy atom. The fourth-order valence-electron chi connectivity index (χ4n) is 1.81. The van der Waals surface area contributed by atoms with Crippen molar-refractivity contribution in [3.8, 4) is 0 Å². The number of nitrogens with two attached hydrogens (primary N) is 1. The van der Waals surface area contributed by atoms with Gasteiger partial charge in [0.15, 0.2) is 5.96 Å². The van der Waals surface area contributed by atoms with Crippen LogP contribution in [0.3, 0.4) is 0 Å². The molecule has 3 N–H and O–H groups in total. The van der Waals surface area contributed by atoms with E-state index in [2.05, 4.69) is 41.5 Å². The van der Waals surface area contributed by atoms with Gasteiger partial charge in [0, 0.05) is 12.5 Å². The van der Waals surface area contributed by atoms with Crippen LogP contribution in [0.25, 0.3) is 0 Å². The molecule has 14 heavy (non-hydrogen) atoms. The second kappa shape index (κ2) is 3.70. The minimum absolute atomic E-state index is 0.462. The molecule has 0 amide bonds. The monoisotopic (exact) mass is 189 g/mol. The molecule has 0 spiro atoms. The number of hydrogen-bond donors (Lipinski definition) is 2. The summed E-state index contributed by atoms with van der Waals surface area (Å²) < 4.78 is 0. The number of benzene rings is 1. The largest absolute Gasteiger partial charge is 0.370 e. The molecule has 3 nitrogen and oxygen atoms in total. The first-order valence-electron chi connectivity index (χ1n) is 4.86. The topological polar surface area (TPSA) is 50.4 Å². The van der Waals surface area contributed by atoms with Gasteiger partial charge in [0.25, 0.3) is 0 Å². The Labute approximate surface area is 84.0 Å². The highest BCUT2D eigenvalue weighted by Gasteiger charge is 2.16. The molecule has 2 rings (SSSR count). The van der Waals surface area contributed by atoms with Crippen LogP contribution in [0, 0.1) is 6.92 Å². The van der Waals surface area contributed by atoms with Crippen LogP contribution in [0.4, 0.5) is 0 Å². The van der Waals surface area contributed by atoms with Crippen LogP contribution in [-0.4, -0.2) is 19.0 Å². The molecule has 0 radical (unpaired) electrons. The summed E-state index contributed by atoms with van der Waals surface area (Å²) in [5.74, 6) is 1.03. The van der Waals surface area contributed by atoms with E-state index in [1.165, 1.54) is 11.1 Å². The number of rotatable bonds is 1. The molecular weight excluding hydrogens is 174 g/mol. The SMILES string of the molecule is Cc1ccccc1C1CN=C(N)NC1. The quantitative estimate of drug-likeness (QED) is 0.692. The van der Waals surface area contributed by atoms with Crippen LogP contribution in [0.15, 0.2) is 29.3 Å². The van der Waals surface area contributed by atoms with Crippen molar-refractivity contribution in [3.63, 3.8) is 0 Å². The molecule has 0 fully saturated rings. The predicted molar refractivity (Wildman–Crippen MR) is 58.4 cm³/mol. The van der Waals surface area contributed by atoms with Gasteiger partial charge in [-0.15, -0.1) is 0 Å². The molecule has 0 aliphatic carbocycles. The Morgan fingerprint density at radius 2 is 2.21 bits per heavy atom. The summed E-state index contributed by atoms with van der Waals surface area (Å²) in [6.07, 6.45) is 0. The second-order valence-corrected chi connectivity index (χ2v) is 3.66. The molecule has 1 aromatic carbocycles. The molecule has 3 heteroatoms. The lowest BCUT2D eigenvalue weighted by Gasteiger charge is -2.22. The van der Waals surface area contributed by atoms with Gasteiger partial charge in [-0.2, -0.15) is 0 Å². The molecule has 1 aliphatic heterocycles. The number of nitrogens with zero attached hydrogens (tertiary/aromatic N) is 1. The lowest BCUT2D eigenvalue weighted by molar-refractivity contribution is 0.632. The highest BCUT2D eigenvalue weighted by atomic mass is 15.1. The zero-order valence-electron chi connectivity index (χ0n) is 8.33. The van der Waals surface area contributed by atoms with Crippen LogP contribution < -0.4 is 11.1 Å². The summed E-state index contributed by atoms with van der Waals surface area (Å²) in [5, 5.41) is 3.09. The number of aliphatic imine (C=N–C) groups is 1. The van der Waals surface area contributed by atoms with Gasteiger partial charge in [-0.1, -0.05) is 24.3 Å². The Hall–Kier alpha value is -1.51. The molecule has 1 aromatic rings. The minimum Gasteiger partial charge on any atom is -0.370 e. The van der Waals surface area contributed by atoms with E-state index in [1.807, 2.05) is 0 Å². The van der Waals surface area contributed by atoms with Crippen LogP contribution in [-0.2, 0) is 0 Å². The number of aryl methyl sites for hydroxylation is 1. The van der Waals surface area contributed by atoms with Crippen LogP contribution >= 0.6 is 0 Å². The van der Waals surface area contributed by atoms with Crippen molar-refractivity contribution in [2.45, 2.75) is 12.8 Å². The molecule has 1 heterocycles. The summed E-state index contributed by atoms with van der Waals surface area (Å²) in [6, 6.07) is 8.44. The maximum Gasteiger partial charge on any atom is 0.188 e. The van der Waals surface area contributed by atoms with Gasteiger partial charge in [0.1, 0.15) is 0 Å². The molecule has 0 saturated carbocycles. The number of guanidine groups is 1. The second-order valence-electron chi connectivity index (χ2n) is 3.66. The molecule has 0 aromatic heterocycles. The molecule has 1 unspecified atom stereocenters. The van der Waals surface area contributed by atoms with E-state index < -0.39 is 0 Å². The van der Waals surface area contributed by atoms with Gasteiger partial charge in [0.2, 0.25) is 0 Å². The van der Waals surface area contributed by atoms with E-state index >= 15 is 0 Å². The first-order valence-corrected chi connectivity index (χ1v) is 4.86. The Morgan fingerprint density at radius 3 is 2.86 bits per heavy atom. The van der Waals surface area contributed by atoms with Crippen LogP contribution in [0.1, 0.15) is 17.0 Å². The van der Waals surface area contributed by atoms with Gasteiger partial charge < -0.3 is 11.1 Å². The summed E-state index contributed by atoms with van der Waals surface area (Å²) in [6.45, 7) is 3.82. The fourth-order valence-corrected chi connectivity index (χ4v) is 1.81. The van der Waals surface area contributed by atoms with Crippen molar-refractivity contribution < 1.29 is 0 Å². The van der Waals surface area contributed by atoms with E-state index in [9.17, 15) is 0 Å². The van der Waals surface area contributed by atoms with Crippen LogP contribution in [0.5, 0.6) is 0 Å². The zero-order valence-corrected chi connectivity index (χ0v) is 8.33. The van der Waals surface area contributed by atoms with Crippen molar-refractivity contribution >= 4 is 5.96 Å². The fraction of sp³-hybridized carbons (Fsp3) is 0.364. The van der Waals surface area contributed by atoms with Gasteiger partial charge in [0.05, 0.1) is 6.54 Å². The smallest absolute Gasteiger partial charge is 0.188 e. The standard InChI is InChI=1S/C11H15N3/c1-8-4-2-3-5-10(8)9-6-13-11(12)14-7-9/h2-5,9H,6-7H2,1H3,(H3,12,13,14). The Balaban J connectivity index is 2.21. The van der Waals surface area contributed by atoms with Crippen molar-refractivity contribution in [2.75, 3.05) is 13.1 Å². The maximum absolute atomic E-state index is 5.55. The van der Waals surface area contributed by atoms with E-state index in [1.54, 1.807) is 0 Å². The summed E-state index contributed by atoms with van der Waals surface area (Å²) in [5.41, 5.74) is 8.25. The van der Waals surface area contributed by atoms with E-state index in [-0.39, 0.29) is 0 Å². The molecule has 0 bridgehead atoms. The average Bonchev–Trinajstić information content (AvgIpc) is 2.20. The molecule has 0 saturated heterocycles. The number of nitrogens with one attached hydrogen (secondary N) is 1. The third-order valence-corrected chi connectivity index (χ3v) is 2.64. The van der Waals surface area contributed by atoms with E-state index in [0.29, 0.717) is 11.9 Å². The highest BCUT2D eigenvalue weighted by molar-refractivity contribution is 5.78. The third kappa shape index (κ3) is 1.71. The Kier molecular flexibility index (Phi) is 2.39. The van der Waals surface area contributed by atoms with Gasteiger partial charge in [-0.3, -0.25) is 4.99 Å². The normalized spacial score (nSPS) is 21.2. The maximum atomic E-state index is 5.55. The summed E-state index contributed by atoms with van der Waals surface area (Å²) in [7, 11) is 0. The summed E-state index contributed by atoms with van der Waals surface area (Å²) in [4.78, 5) is 4.21. The van der Waals surface area contributed by atoms with Crippen molar-refractivity contribution in [2.24, 2.45) is 10.7 Å². The van der Waals surface area contributed by atoms with Crippen molar-refractivity contribution in [3.05, 3.63) is 35.4 Å². The minimum atomic E-state index is 0.462. The van der Waals surface area contributed by atoms with Crippen molar-refractivity contribution in [1.29, 1.82) is 0 Å². The lowest BCUT2D eigenvalue weighted by Crippen LogP contribution is -2.39. The van der Waals surface area contributed by atoms with Crippen molar-refractivity contribution in [1.82, 2.24) is 5.32 Å². The molecule has 1 aliphatic rings. The molecular formula is C11H15N3. The Bertz CT molecular complexity index is 357. The summed E-state index contributed by atoms with van der Waals surface area (Å²) >= 11 is 0. The average molecular weight is 189 g/mol. The molecule has 1 atom stereocenters. The first kappa shape index (κ1) is 9.06. The number of hydrogen-bond acceptors (Lipinski definition) is 3. The third-order valence-electron chi connectivity index (χ3n) is 2.64. The first-order chi connectivity index (χ1) is 6.77. The van der Waals surface area contributed by atoms with Gasteiger partial charge in [-0.25, -0.2) is 0 Å². The molecule has 74 valence electrons. The van der Waals surface area contributed by atoms with Gasteiger partial charge >= 0.3 is 0 Å². The predicted octanol–water partition coefficient (Wildman–Crippen LogP) is 0.997. The van der Waals surface area contributed by atoms with Crippen LogP contribution in [0.2, 0.25) is 0 Å². The van der Waals surface area contributed by atoms with Gasteiger partial charge in [-0.05, 0) is 18.1 Å². The van der Waals surface area contributed by atoms with E-state index in [0.717, 1.165) is 13.1 Å².